The average Bonchev–Trinajstić information content (AvgIpc) is 4.20. The van der Waals surface area contributed by atoms with Gasteiger partial charge in [0.15, 0.2) is 5.69 Å². The molecule has 4 heterocycles. The van der Waals surface area contributed by atoms with Gasteiger partial charge < -0.3 is 37.6 Å². The molecule has 67 heavy (non-hydrogen) atoms. The molecule has 2 N–H and O–H groups in total. The second-order valence-corrected chi connectivity index (χ2v) is 15.9. The Morgan fingerprint density at radius 3 is 1.61 bits per heavy atom. The number of rotatable bonds is 23. The maximum Gasteiger partial charge on any atom is 0.303 e. The Kier molecular flexibility index (Phi) is 16.7. The Labute approximate surface area is 387 Å². The monoisotopic (exact) mass is 904 g/mol. The van der Waals surface area contributed by atoms with Crippen molar-refractivity contribution < 1.29 is 52.0 Å². The smallest absolute Gasteiger partial charge is 0.303 e. The molecule has 13 nitrogen and oxygen atoms in total. The van der Waals surface area contributed by atoms with Crippen LogP contribution in [0, 0.1) is 6.92 Å². The minimum Gasteiger partial charge on any atom is -0.493 e. The van der Waals surface area contributed by atoms with Crippen molar-refractivity contribution in [1.29, 1.82) is 0 Å². The SMILES string of the molecule is Cc1onc(Cc2ccccc2OCCCCCC(=O)O)c1-c1ccc(-c2ccco2)cc1.O=C(O)CCCCCOc1ccccc1Cc1conc1C(=O)c1ccc(-c2ccco2)cc1. The molecule has 8 rings (SSSR count). The van der Waals surface area contributed by atoms with E-state index in [-0.39, 0.29) is 24.3 Å². The Balaban J connectivity index is 0.000000199. The van der Waals surface area contributed by atoms with Crippen LogP contribution in [0.1, 0.15) is 95.6 Å². The lowest BCUT2D eigenvalue weighted by molar-refractivity contribution is -0.138. The number of carbonyl (C=O) groups is 3. The Morgan fingerprint density at radius 1 is 0.552 bits per heavy atom. The van der Waals surface area contributed by atoms with Crippen molar-refractivity contribution in [2.75, 3.05) is 13.2 Å². The van der Waals surface area contributed by atoms with Gasteiger partial charge in [-0.25, -0.2) is 0 Å². The van der Waals surface area contributed by atoms with Gasteiger partial charge in [0.1, 0.15) is 35.0 Å². The summed E-state index contributed by atoms with van der Waals surface area (Å²) in [4.78, 5) is 34.3. The largest absolute Gasteiger partial charge is 0.493 e. The van der Waals surface area contributed by atoms with Gasteiger partial charge in [0.25, 0.3) is 0 Å². The highest BCUT2D eigenvalue weighted by Gasteiger charge is 2.21. The summed E-state index contributed by atoms with van der Waals surface area (Å²) in [7, 11) is 0. The number of ketones is 1. The van der Waals surface area contributed by atoms with E-state index in [4.69, 9.17) is 37.6 Å². The molecule has 0 atom stereocenters. The van der Waals surface area contributed by atoms with Gasteiger partial charge in [-0.05, 0) is 93.0 Å². The van der Waals surface area contributed by atoms with Gasteiger partial charge in [0.2, 0.25) is 5.78 Å². The van der Waals surface area contributed by atoms with E-state index >= 15 is 0 Å². The molecular weight excluding hydrogens is 853 g/mol. The summed E-state index contributed by atoms with van der Waals surface area (Å²) in [5, 5.41) is 25.8. The third-order valence-corrected chi connectivity index (χ3v) is 11.0. The predicted octanol–water partition coefficient (Wildman–Crippen LogP) is 12.3. The Morgan fingerprint density at radius 2 is 1.07 bits per heavy atom. The first-order valence-corrected chi connectivity index (χ1v) is 22.3. The number of hydrogen-bond donors (Lipinski definition) is 2. The molecule has 0 aliphatic heterocycles. The van der Waals surface area contributed by atoms with E-state index in [1.807, 2.05) is 104 Å². The van der Waals surface area contributed by atoms with Crippen molar-refractivity contribution in [3.63, 3.8) is 0 Å². The molecule has 0 radical (unpaired) electrons. The van der Waals surface area contributed by atoms with Gasteiger partial charge in [0.05, 0.1) is 31.4 Å². The Bertz CT molecular complexity index is 2780. The van der Waals surface area contributed by atoms with Gasteiger partial charge in [-0.15, -0.1) is 0 Å². The molecule has 0 fully saturated rings. The van der Waals surface area contributed by atoms with E-state index in [1.165, 1.54) is 6.26 Å². The van der Waals surface area contributed by atoms with E-state index in [1.54, 1.807) is 24.7 Å². The van der Waals surface area contributed by atoms with Gasteiger partial charge in [-0.3, -0.25) is 14.4 Å². The molecule has 0 bridgehead atoms. The number of aryl methyl sites for hydroxylation is 1. The first kappa shape index (κ1) is 47.0. The summed E-state index contributed by atoms with van der Waals surface area (Å²) in [6.45, 7) is 2.97. The molecule has 8 aromatic rings. The number of ether oxygens (including phenoxy) is 2. The fourth-order valence-corrected chi connectivity index (χ4v) is 7.53. The van der Waals surface area contributed by atoms with Gasteiger partial charge >= 0.3 is 11.9 Å². The van der Waals surface area contributed by atoms with E-state index in [2.05, 4.69) is 22.4 Å². The third-order valence-electron chi connectivity index (χ3n) is 11.0. The van der Waals surface area contributed by atoms with E-state index < -0.39 is 11.9 Å². The lowest BCUT2D eigenvalue weighted by Crippen LogP contribution is -2.06. The van der Waals surface area contributed by atoms with Crippen LogP contribution in [-0.2, 0) is 22.4 Å². The van der Waals surface area contributed by atoms with Gasteiger partial charge in [-0.1, -0.05) is 95.2 Å². The van der Waals surface area contributed by atoms with Crippen molar-refractivity contribution in [3.05, 3.63) is 180 Å². The van der Waals surface area contributed by atoms with Crippen LogP contribution in [0.25, 0.3) is 33.8 Å². The van der Waals surface area contributed by atoms with Crippen LogP contribution in [0.3, 0.4) is 0 Å². The zero-order valence-electron chi connectivity index (χ0n) is 37.2. The molecule has 0 spiro atoms. The van der Waals surface area contributed by atoms with Crippen molar-refractivity contribution in [1.82, 2.24) is 10.3 Å². The molecule has 0 aliphatic rings. The molecule has 13 heteroatoms. The quantitative estimate of drug-likeness (QED) is 0.0456. The van der Waals surface area contributed by atoms with Crippen molar-refractivity contribution in [3.8, 4) is 45.3 Å². The number of carboxylic acid groups (broad SMARTS) is 2. The number of para-hydroxylation sites is 2. The van der Waals surface area contributed by atoms with Crippen molar-refractivity contribution in [2.24, 2.45) is 0 Å². The summed E-state index contributed by atoms with van der Waals surface area (Å²) < 4.78 is 33.5. The van der Waals surface area contributed by atoms with Crippen LogP contribution in [-0.4, -0.2) is 51.5 Å². The zero-order valence-corrected chi connectivity index (χ0v) is 37.2. The first-order chi connectivity index (χ1) is 32.7. The number of benzene rings is 4. The number of carbonyl (C=O) groups excluding carboxylic acids is 1. The number of aliphatic carboxylic acids is 2. The fourth-order valence-electron chi connectivity index (χ4n) is 7.53. The molecule has 0 unspecified atom stereocenters. The van der Waals surface area contributed by atoms with Gasteiger partial charge in [-0.2, -0.15) is 0 Å². The van der Waals surface area contributed by atoms with Crippen LogP contribution in [0.5, 0.6) is 11.5 Å². The number of nitrogens with zero attached hydrogens (tertiary/aromatic N) is 2. The second-order valence-electron chi connectivity index (χ2n) is 15.9. The summed E-state index contributed by atoms with van der Waals surface area (Å²) in [6, 6.07) is 38.4. The number of hydrogen-bond acceptors (Lipinski definition) is 11. The highest BCUT2D eigenvalue weighted by atomic mass is 16.5. The summed E-state index contributed by atoms with van der Waals surface area (Å²) in [5.41, 5.74) is 8.19. The fraction of sp³-hybridized carbons (Fsp3) is 0.241. The predicted molar refractivity (Wildman–Crippen MR) is 250 cm³/mol. The summed E-state index contributed by atoms with van der Waals surface area (Å²) in [5.74, 6) is 2.13. The number of aromatic nitrogens is 2. The number of unbranched alkanes of at least 4 members (excludes halogenated alkanes) is 4. The van der Waals surface area contributed by atoms with Crippen LogP contribution in [0.15, 0.2) is 158 Å². The summed E-state index contributed by atoms with van der Waals surface area (Å²) >= 11 is 0. The van der Waals surface area contributed by atoms with Crippen LogP contribution >= 0.6 is 0 Å². The Hall–Kier alpha value is -7.93. The van der Waals surface area contributed by atoms with Crippen LogP contribution in [0.4, 0.5) is 0 Å². The normalized spacial score (nSPS) is 10.9. The molecule has 0 aliphatic carbocycles. The van der Waals surface area contributed by atoms with Crippen LogP contribution < -0.4 is 9.47 Å². The average molecular weight is 905 g/mol. The topological polar surface area (TPSA) is 188 Å². The summed E-state index contributed by atoms with van der Waals surface area (Å²) in [6.07, 6.45) is 10.7. The molecule has 4 aromatic carbocycles. The van der Waals surface area contributed by atoms with Crippen LogP contribution in [0.2, 0.25) is 0 Å². The molecular formula is C54H52N2O11. The van der Waals surface area contributed by atoms with Crippen molar-refractivity contribution in [2.45, 2.75) is 71.1 Å². The lowest BCUT2D eigenvalue weighted by atomic mass is 9.98. The van der Waals surface area contributed by atoms with E-state index in [9.17, 15) is 14.4 Å². The van der Waals surface area contributed by atoms with Gasteiger partial charge in [0, 0.05) is 59.1 Å². The lowest BCUT2D eigenvalue weighted by Gasteiger charge is -2.11. The standard InChI is InChI=1S/C27H25NO6.C27H27NO5/c29-25(30)10-2-1-5-15-32-24-8-4-3-7-21(24)17-22-18-34-28-26(22)27(31)20-13-11-19(12-14-20)23-9-6-16-33-23;1-19-27(21-14-12-20(13-15-21)24-10-7-17-32-24)23(28-33-19)18-22-8-4-5-9-25(22)31-16-6-2-3-11-26(29)30/h3-4,6-9,11-14,16,18H,1-2,5,10,15,17H2,(H,29,30);4-5,7-10,12-15,17H,2-3,6,11,16,18H2,1H3,(H,29,30). The molecule has 0 saturated carbocycles. The van der Waals surface area contributed by atoms with E-state index in [0.717, 1.165) is 93.5 Å². The highest BCUT2D eigenvalue weighted by Crippen LogP contribution is 2.33. The molecule has 4 aromatic heterocycles. The maximum atomic E-state index is 13.1. The number of furan rings is 2. The zero-order chi connectivity index (χ0) is 46.8. The number of carboxylic acids is 2. The van der Waals surface area contributed by atoms with Crippen molar-refractivity contribution >= 4 is 17.7 Å². The molecule has 0 amide bonds. The van der Waals surface area contributed by atoms with E-state index in [0.29, 0.717) is 50.0 Å². The highest BCUT2D eigenvalue weighted by molar-refractivity contribution is 6.08. The molecule has 0 saturated heterocycles. The molecule has 344 valence electrons. The first-order valence-electron chi connectivity index (χ1n) is 22.3. The maximum absolute atomic E-state index is 13.1. The minimum absolute atomic E-state index is 0.173. The minimum atomic E-state index is -0.779. The second kappa shape index (κ2) is 23.8. The third kappa shape index (κ3) is 13.3.